The number of rotatable bonds is 2. The van der Waals surface area contributed by atoms with Crippen LogP contribution in [0.2, 0.25) is 0 Å². The fourth-order valence-corrected chi connectivity index (χ4v) is 2.65. The van der Waals surface area contributed by atoms with Crippen LogP contribution >= 0.6 is 22.6 Å². The lowest BCUT2D eigenvalue weighted by Crippen LogP contribution is -2.03. The lowest BCUT2D eigenvalue weighted by Gasteiger charge is -2.04. The van der Waals surface area contributed by atoms with Crippen molar-refractivity contribution in [1.29, 1.82) is 0 Å². The third-order valence-corrected chi connectivity index (χ3v) is 3.57. The van der Waals surface area contributed by atoms with E-state index in [1.54, 1.807) is 12.4 Å². The van der Waals surface area contributed by atoms with Gasteiger partial charge in [-0.2, -0.15) is 5.10 Å². The summed E-state index contributed by atoms with van der Waals surface area (Å²) in [6.07, 6.45) is 3.37. The molecule has 0 bridgehead atoms. The summed E-state index contributed by atoms with van der Waals surface area (Å²) in [6.45, 7) is 0.399. The molecule has 2 aromatic heterocycles. The number of halogens is 3. The molecule has 3 aromatic rings. The summed E-state index contributed by atoms with van der Waals surface area (Å²) in [4.78, 5) is 4.01. The number of pyridine rings is 1. The van der Waals surface area contributed by atoms with Crippen LogP contribution in [0.3, 0.4) is 0 Å². The summed E-state index contributed by atoms with van der Waals surface area (Å²) in [7, 11) is 0. The van der Waals surface area contributed by atoms with Gasteiger partial charge in [0, 0.05) is 23.8 Å². The first-order valence-corrected chi connectivity index (χ1v) is 6.63. The molecule has 0 fully saturated rings. The molecule has 0 amide bonds. The number of hydrogen-bond acceptors (Lipinski definition) is 2. The van der Waals surface area contributed by atoms with Crippen molar-refractivity contribution in [2.45, 2.75) is 6.54 Å². The van der Waals surface area contributed by atoms with E-state index in [-0.39, 0.29) is 0 Å². The quantitative estimate of drug-likeness (QED) is 0.647. The second-order valence-corrected chi connectivity index (χ2v) is 5.12. The van der Waals surface area contributed by atoms with Gasteiger partial charge < -0.3 is 0 Å². The van der Waals surface area contributed by atoms with Gasteiger partial charge in [-0.05, 0) is 40.3 Å². The van der Waals surface area contributed by atoms with E-state index in [1.807, 2.05) is 34.7 Å². The van der Waals surface area contributed by atoms with Crippen LogP contribution in [0.15, 0.2) is 36.7 Å². The molecule has 19 heavy (non-hydrogen) atoms. The Kier molecular flexibility index (Phi) is 3.17. The number of hydrogen-bond donors (Lipinski definition) is 0. The minimum Gasteiger partial charge on any atom is -0.264 e. The Bertz CT molecular complexity index is 740. The topological polar surface area (TPSA) is 30.7 Å². The van der Waals surface area contributed by atoms with Gasteiger partial charge in [-0.15, -0.1) is 0 Å². The lowest BCUT2D eigenvalue weighted by atomic mass is 10.2. The van der Waals surface area contributed by atoms with E-state index in [0.29, 0.717) is 21.1 Å². The second-order valence-electron chi connectivity index (χ2n) is 4.09. The summed E-state index contributed by atoms with van der Waals surface area (Å²) >= 11 is 1.97. The first-order chi connectivity index (χ1) is 9.15. The minimum atomic E-state index is -0.602. The molecule has 0 unspecified atom stereocenters. The predicted molar refractivity (Wildman–Crippen MR) is 75.7 cm³/mol. The monoisotopic (exact) mass is 371 g/mol. The van der Waals surface area contributed by atoms with Crippen molar-refractivity contribution >= 4 is 33.5 Å². The van der Waals surface area contributed by atoms with Gasteiger partial charge in [0.25, 0.3) is 0 Å². The molecule has 0 saturated heterocycles. The van der Waals surface area contributed by atoms with Crippen LogP contribution in [0.1, 0.15) is 5.56 Å². The Labute approximate surface area is 121 Å². The number of aromatic nitrogens is 3. The van der Waals surface area contributed by atoms with Crippen molar-refractivity contribution in [2.75, 3.05) is 0 Å². The maximum absolute atomic E-state index is 13.9. The van der Waals surface area contributed by atoms with Crippen molar-refractivity contribution in [2.24, 2.45) is 0 Å². The summed E-state index contributed by atoms with van der Waals surface area (Å²) in [5.74, 6) is -1.20. The van der Waals surface area contributed by atoms with Gasteiger partial charge in [-0.25, -0.2) is 8.78 Å². The van der Waals surface area contributed by atoms with Gasteiger partial charge in [0.05, 0.1) is 6.54 Å². The molecule has 2 heterocycles. The standard InChI is InChI=1S/C13H8F2IN3/c14-9-4-10-12(11(15)5-9)19(18-13(10)16)7-8-2-1-3-17-6-8/h1-6H,7H2. The molecular weight excluding hydrogens is 363 g/mol. The molecule has 0 radical (unpaired) electrons. The molecule has 0 spiro atoms. The fourth-order valence-electron chi connectivity index (χ4n) is 1.97. The Morgan fingerprint density at radius 2 is 2.11 bits per heavy atom. The zero-order chi connectivity index (χ0) is 13.4. The van der Waals surface area contributed by atoms with Crippen LogP contribution in [-0.4, -0.2) is 14.8 Å². The average molecular weight is 371 g/mol. The van der Waals surface area contributed by atoms with Crippen LogP contribution in [0, 0.1) is 15.3 Å². The van der Waals surface area contributed by atoms with Crippen LogP contribution in [0.5, 0.6) is 0 Å². The zero-order valence-electron chi connectivity index (χ0n) is 9.65. The average Bonchev–Trinajstić information content (AvgIpc) is 2.67. The molecule has 0 aliphatic carbocycles. The van der Waals surface area contributed by atoms with E-state index < -0.39 is 11.6 Å². The minimum absolute atomic E-state index is 0.314. The number of benzene rings is 1. The Balaban J connectivity index is 2.15. The van der Waals surface area contributed by atoms with Crippen LogP contribution in [0.25, 0.3) is 10.9 Å². The zero-order valence-corrected chi connectivity index (χ0v) is 11.8. The fraction of sp³-hybridized carbons (Fsp3) is 0.0769. The Morgan fingerprint density at radius 3 is 2.84 bits per heavy atom. The largest absolute Gasteiger partial charge is 0.264 e. The summed E-state index contributed by atoms with van der Waals surface area (Å²) in [5, 5.41) is 4.74. The molecule has 0 aliphatic heterocycles. The highest BCUT2D eigenvalue weighted by molar-refractivity contribution is 14.1. The second kappa shape index (κ2) is 4.84. The Hall–Kier alpha value is -1.57. The third kappa shape index (κ3) is 2.32. The molecule has 0 N–H and O–H groups in total. The van der Waals surface area contributed by atoms with Crippen molar-refractivity contribution in [3.63, 3.8) is 0 Å². The molecular formula is C13H8F2IN3. The predicted octanol–water partition coefficient (Wildman–Crippen LogP) is 3.36. The van der Waals surface area contributed by atoms with Crippen LogP contribution in [-0.2, 0) is 6.54 Å². The molecule has 96 valence electrons. The van der Waals surface area contributed by atoms with Gasteiger partial charge >= 0.3 is 0 Å². The Morgan fingerprint density at radius 1 is 1.26 bits per heavy atom. The SMILES string of the molecule is Fc1cc(F)c2c(c1)c(I)nn2Cc1cccnc1. The smallest absolute Gasteiger partial charge is 0.152 e. The molecule has 0 saturated carbocycles. The van der Waals surface area contributed by atoms with Crippen molar-refractivity contribution in [3.8, 4) is 0 Å². The third-order valence-electron chi connectivity index (χ3n) is 2.77. The van der Waals surface area contributed by atoms with Crippen molar-refractivity contribution in [3.05, 3.63) is 57.6 Å². The molecule has 3 rings (SSSR count). The van der Waals surface area contributed by atoms with Gasteiger partial charge in [0.1, 0.15) is 15.0 Å². The molecule has 0 atom stereocenters. The summed E-state index contributed by atoms with van der Waals surface area (Å²) in [6, 6.07) is 5.86. The van der Waals surface area contributed by atoms with Gasteiger partial charge in [0.15, 0.2) is 5.82 Å². The molecule has 3 nitrogen and oxygen atoms in total. The highest BCUT2D eigenvalue weighted by Crippen LogP contribution is 2.24. The molecule has 0 aliphatic rings. The number of nitrogens with zero attached hydrogens (tertiary/aromatic N) is 3. The van der Waals surface area contributed by atoms with E-state index in [1.165, 1.54) is 10.7 Å². The summed E-state index contributed by atoms with van der Waals surface area (Å²) in [5.41, 5.74) is 1.22. The highest BCUT2D eigenvalue weighted by atomic mass is 127. The maximum atomic E-state index is 13.9. The van der Waals surface area contributed by atoms with Gasteiger partial charge in [-0.1, -0.05) is 6.07 Å². The van der Waals surface area contributed by atoms with E-state index in [4.69, 9.17) is 0 Å². The first-order valence-electron chi connectivity index (χ1n) is 5.55. The van der Waals surface area contributed by atoms with E-state index in [2.05, 4.69) is 10.1 Å². The number of fused-ring (bicyclic) bond motifs is 1. The first kappa shape index (κ1) is 12.5. The van der Waals surface area contributed by atoms with Crippen LogP contribution < -0.4 is 0 Å². The van der Waals surface area contributed by atoms with E-state index in [9.17, 15) is 8.78 Å². The van der Waals surface area contributed by atoms with Crippen LogP contribution in [0.4, 0.5) is 8.78 Å². The van der Waals surface area contributed by atoms with E-state index >= 15 is 0 Å². The van der Waals surface area contributed by atoms with Gasteiger partial charge in [0.2, 0.25) is 0 Å². The molecule has 1 aromatic carbocycles. The lowest BCUT2D eigenvalue weighted by molar-refractivity contribution is 0.582. The van der Waals surface area contributed by atoms with Gasteiger partial charge in [-0.3, -0.25) is 9.67 Å². The summed E-state index contributed by atoms with van der Waals surface area (Å²) < 4.78 is 29.2. The maximum Gasteiger partial charge on any atom is 0.152 e. The normalized spacial score (nSPS) is 11.1. The van der Waals surface area contributed by atoms with Crippen molar-refractivity contribution < 1.29 is 8.78 Å². The van der Waals surface area contributed by atoms with Crippen molar-refractivity contribution in [1.82, 2.24) is 14.8 Å². The molecule has 6 heteroatoms. The highest BCUT2D eigenvalue weighted by Gasteiger charge is 2.14. The van der Waals surface area contributed by atoms with E-state index in [0.717, 1.165) is 11.6 Å².